The zero-order valence-corrected chi connectivity index (χ0v) is 25.4. The molecule has 3 aromatic carbocycles. The van der Waals surface area contributed by atoms with Gasteiger partial charge in [-0.15, -0.1) is 5.10 Å². The number of esters is 1. The normalized spacial score (nSPS) is 12.8. The standard InChI is InChI=1S/C34H43N3O5/c1-6-42-34(39)31(28-13-10-23(2)30(21-28)25(4)38)20-27-14-17-32-33(24(27)3)35-36-37(32)18-8-7-9-19-41-22-26-11-15-29(40-5)16-12-26/h10-17,21,25,31,38H,6-9,18-20,22H2,1-5H3/t25-,31?/m0/s1. The number of fused-ring (bicyclic) bond motifs is 1. The molecule has 8 heteroatoms. The van der Waals surface area contributed by atoms with E-state index in [0.29, 0.717) is 26.2 Å². The summed E-state index contributed by atoms with van der Waals surface area (Å²) in [7, 11) is 1.66. The van der Waals surface area contributed by atoms with Crippen LogP contribution in [-0.4, -0.2) is 46.4 Å². The molecule has 4 aromatic rings. The quantitative estimate of drug-likeness (QED) is 0.130. The van der Waals surface area contributed by atoms with Gasteiger partial charge in [-0.3, -0.25) is 4.79 Å². The van der Waals surface area contributed by atoms with E-state index in [1.54, 1.807) is 14.0 Å². The SMILES string of the molecule is CCOC(=O)C(Cc1ccc2c(nnn2CCCCCOCc2ccc(OC)cc2)c1C)c1ccc(C)c([C@H](C)O)c1. The fourth-order valence-corrected chi connectivity index (χ4v) is 5.28. The number of carbonyl (C=O) groups excluding carboxylic acids is 1. The number of aliphatic hydroxyl groups is 1. The molecule has 8 nitrogen and oxygen atoms in total. The first-order valence-electron chi connectivity index (χ1n) is 14.8. The first-order valence-corrected chi connectivity index (χ1v) is 14.8. The third kappa shape index (κ3) is 7.75. The van der Waals surface area contributed by atoms with E-state index in [2.05, 4.69) is 16.4 Å². The van der Waals surface area contributed by atoms with Crippen LogP contribution >= 0.6 is 0 Å². The highest BCUT2D eigenvalue weighted by Gasteiger charge is 2.25. The van der Waals surface area contributed by atoms with Crippen molar-refractivity contribution in [2.75, 3.05) is 20.3 Å². The smallest absolute Gasteiger partial charge is 0.313 e. The summed E-state index contributed by atoms with van der Waals surface area (Å²) in [5.41, 5.74) is 7.68. The van der Waals surface area contributed by atoms with Crippen molar-refractivity contribution in [3.63, 3.8) is 0 Å². The molecule has 1 N–H and O–H groups in total. The van der Waals surface area contributed by atoms with Gasteiger partial charge in [-0.1, -0.05) is 41.6 Å². The Balaban J connectivity index is 1.36. The van der Waals surface area contributed by atoms with Crippen molar-refractivity contribution >= 4 is 17.0 Å². The average molecular weight is 574 g/mol. The minimum Gasteiger partial charge on any atom is -0.497 e. The Kier molecular flexibility index (Phi) is 11.1. The summed E-state index contributed by atoms with van der Waals surface area (Å²) in [6.45, 7) is 9.97. The van der Waals surface area contributed by atoms with Crippen LogP contribution in [0.3, 0.4) is 0 Å². The van der Waals surface area contributed by atoms with Crippen LogP contribution in [0.1, 0.15) is 78.5 Å². The van der Waals surface area contributed by atoms with Gasteiger partial charge in [0.25, 0.3) is 0 Å². The number of unbranched alkanes of at least 4 members (excludes halogenated alkanes) is 2. The maximum atomic E-state index is 13.1. The number of methoxy groups -OCH3 is 1. The van der Waals surface area contributed by atoms with Gasteiger partial charge in [-0.05, 0) is 105 Å². The molecule has 42 heavy (non-hydrogen) atoms. The van der Waals surface area contributed by atoms with E-state index in [-0.39, 0.29) is 5.97 Å². The van der Waals surface area contributed by atoms with Gasteiger partial charge in [-0.25, -0.2) is 4.68 Å². The molecule has 0 saturated carbocycles. The molecule has 2 atom stereocenters. The van der Waals surface area contributed by atoms with Gasteiger partial charge in [0.15, 0.2) is 0 Å². The van der Waals surface area contributed by atoms with Gasteiger partial charge < -0.3 is 19.3 Å². The number of benzene rings is 3. The summed E-state index contributed by atoms with van der Waals surface area (Å²) in [5, 5.41) is 19.2. The monoisotopic (exact) mass is 573 g/mol. The minimum absolute atomic E-state index is 0.269. The topological polar surface area (TPSA) is 95.7 Å². The molecule has 0 aliphatic carbocycles. The molecular weight excluding hydrogens is 530 g/mol. The van der Waals surface area contributed by atoms with E-state index in [0.717, 1.165) is 76.0 Å². The molecule has 0 aliphatic heterocycles. The lowest BCUT2D eigenvalue weighted by Crippen LogP contribution is -2.19. The molecule has 0 bridgehead atoms. The summed E-state index contributed by atoms with van der Waals surface area (Å²) in [6, 6.07) is 17.9. The van der Waals surface area contributed by atoms with Crippen LogP contribution in [0.2, 0.25) is 0 Å². The van der Waals surface area contributed by atoms with Crippen molar-refractivity contribution < 1.29 is 24.1 Å². The number of carbonyl (C=O) groups is 1. The summed E-state index contributed by atoms with van der Waals surface area (Å²) >= 11 is 0. The predicted octanol–water partition coefficient (Wildman–Crippen LogP) is 6.39. The molecule has 0 amide bonds. The maximum Gasteiger partial charge on any atom is 0.313 e. The van der Waals surface area contributed by atoms with Crippen LogP contribution in [0.15, 0.2) is 54.6 Å². The van der Waals surface area contributed by atoms with E-state index in [4.69, 9.17) is 14.2 Å². The first kappa shape index (κ1) is 31.2. The van der Waals surface area contributed by atoms with Gasteiger partial charge in [0.05, 0.1) is 37.9 Å². The lowest BCUT2D eigenvalue weighted by molar-refractivity contribution is -0.144. The molecule has 0 aliphatic rings. The van der Waals surface area contributed by atoms with Crippen LogP contribution in [-0.2, 0) is 33.8 Å². The second-order valence-electron chi connectivity index (χ2n) is 10.8. The number of ether oxygens (including phenoxy) is 3. The Morgan fingerprint density at radius 2 is 1.81 bits per heavy atom. The van der Waals surface area contributed by atoms with Crippen LogP contribution in [0, 0.1) is 13.8 Å². The van der Waals surface area contributed by atoms with Gasteiger partial charge in [0, 0.05) is 13.2 Å². The van der Waals surface area contributed by atoms with Crippen molar-refractivity contribution in [3.8, 4) is 5.75 Å². The van der Waals surface area contributed by atoms with Gasteiger partial charge in [0.1, 0.15) is 11.3 Å². The maximum absolute atomic E-state index is 13.1. The van der Waals surface area contributed by atoms with Crippen LogP contribution in [0.4, 0.5) is 0 Å². The second-order valence-corrected chi connectivity index (χ2v) is 10.8. The van der Waals surface area contributed by atoms with Crippen LogP contribution < -0.4 is 4.74 Å². The van der Waals surface area contributed by atoms with Crippen molar-refractivity contribution in [1.29, 1.82) is 0 Å². The van der Waals surface area contributed by atoms with Crippen molar-refractivity contribution in [3.05, 3.63) is 88.0 Å². The molecule has 1 aromatic heterocycles. The Labute approximate surface area is 248 Å². The van der Waals surface area contributed by atoms with Crippen molar-refractivity contribution in [2.24, 2.45) is 0 Å². The van der Waals surface area contributed by atoms with Crippen molar-refractivity contribution in [1.82, 2.24) is 15.0 Å². The number of hydrogen-bond donors (Lipinski definition) is 1. The first-order chi connectivity index (χ1) is 20.3. The molecule has 224 valence electrons. The fraction of sp³-hybridized carbons (Fsp3) is 0.441. The molecule has 1 unspecified atom stereocenters. The summed E-state index contributed by atoms with van der Waals surface area (Å²) in [4.78, 5) is 13.1. The van der Waals surface area contributed by atoms with E-state index >= 15 is 0 Å². The zero-order valence-electron chi connectivity index (χ0n) is 25.4. The fourth-order valence-electron chi connectivity index (χ4n) is 5.28. The third-order valence-electron chi connectivity index (χ3n) is 7.79. The number of hydrogen-bond acceptors (Lipinski definition) is 7. The van der Waals surface area contributed by atoms with Crippen LogP contribution in [0.5, 0.6) is 5.75 Å². The lowest BCUT2D eigenvalue weighted by atomic mass is 9.87. The number of aromatic nitrogens is 3. The van der Waals surface area contributed by atoms with Gasteiger partial charge >= 0.3 is 5.97 Å². The Hall–Kier alpha value is -3.75. The van der Waals surface area contributed by atoms with Gasteiger partial charge in [-0.2, -0.15) is 0 Å². The highest BCUT2D eigenvalue weighted by Crippen LogP contribution is 2.30. The number of rotatable bonds is 15. The number of aryl methyl sites for hydroxylation is 3. The lowest BCUT2D eigenvalue weighted by Gasteiger charge is -2.20. The summed E-state index contributed by atoms with van der Waals surface area (Å²) in [6.07, 6.45) is 2.86. The average Bonchev–Trinajstić information content (AvgIpc) is 3.40. The molecule has 1 heterocycles. The summed E-state index contributed by atoms with van der Waals surface area (Å²) in [5.74, 6) is 0.0937. The molecule has 4 rings (SSSR count). The Bertz CT molecular complexity index is 1460. The molecular formula is C34H43N3O5. The summed E-state index contributed by atoms with van der Waals surface area (Å²) < 4.78 is 18.4. The third-order valence-corrected chi connectivity index (χ3v) is 7.79. The second kappa shape index (κ2) is 14.9. The minimum atomic E-state index is -0.618. The largest absolute Gasteiger partial charge is 0.497 e. The zero-order chi connectivity index (χ0) is 30.1. The highest BCUT2D eigenvalue weighted by molar-refractivity contribution is 5.81. The van der Waals surface area contributed by atoms with Crippen LogP contribution in [0.25, 0.3) is 11.0 Å². The highest BCUT2D eigenvalue weighted by atomic mass is 16.5. The predicted molar refractivity (Wildman–Crippen MR) is 164 cm³/mol. The Morgan fingerprint density at radius 3 is 2.52 bits per heavy atom. The molecule has 0 spiro atoms. The Morgan fingerprint density at radius 1 is 1.02 bits per heavy atom. The van der Waals surface area contributed by atoms with Gasteiger partial charge in [0.2, 0.25) is 0 Å². The van der Waals surface area contributed by atoms with E-state index in [1.165, 1.54) is 0 Å². The van der Waals surface area contributed by atoms with E-state index in [9.17, 15) is 9.90 Å². The molecule has 0 radical (unpaired) electrons. The number of nitrogens with zero attached hydrogens (tertiary/aromatic N) is 3. The van der Waals surface area contributed by atoms with E-state index < -0.39 is 12.0 Å². The van der Waals surface area contributed by atoms with E-state index in [1.807, 2.05) is 74.0 Å². The molecule has 0 fully saturated rings. The van der Waals surface area contributed by atoms with Crippen molar-refractivity contribution in [2.45, 2.75) is 78.6 Å². The molecule has 0 saturated heterocycles. The number of aliphatic hydroxyl groups excluding tert-OH is 1.